The van der Waals surface area contributed by atoms with Crippen molar-refractivity contribution in [1.82, 2.24) is 20.8 Å². The summed E-state index contributed by atoms with van der Waals surface area (Å²) in [6, 6.07) is 15.6. The molecule has 0 radical (unpaired) electrons. The molecule has 3 aromatic heterocycles. The molecule has 0 fully saturated rings. The van der Waals surface area contributed by atoms with Crippen LogP contribution in [0.5, 0.6) is 5.88 Å². The first-order chi connectivity index (χ1) is 15.0. The van der Waals surface area contributed by atoms with Crippen LogP contribution in [0.4, 0.5) is 0 Å². The van der Waals surface area contributed by atoms with E-state index in [9.17, 15) is 9.59 Å². The van der Waals surface area contributed by atoms with Gasteiger partial charge in [-0.3, -0.25) is 20.4 Å². The largest absolute Gasteiger partial charge is 0.475 e. The lowest BCUT2D eigenvalue weighted by Crippen LogP contribution is -2.41. The van der Waals surface area contributed by atoms with E-state index in [1.807, 2.05) is 32.0 Å². The third-order valence-electron chi connectivity index (χ3n) is 4.38. The molecular formula is C23H20N4O4. The first kappa shape index (κ1) is 20.1. The summed E-state index contributed by atoms with van der Waals surface area (Å²) in [7, 11) is 0. The van der Waals surface area contributed by atoms with Crippen LogP contribution in [0.15, 0.2) is 71.5 Å². The molecule has 0 saturated carbocycles. The van der Waals surface area contributed by atoms with E-state index in [1.54, 1.807) is 36.4 Å². The van der Waals surface area contributed by atoms with Gasteiger partial charge in [0.1, 0.15) is 5.69 Å². The van der Waals surface area contributed by atoms with E-state index in [2.05, 4.69) is 20.8 Å². The van der Waals surface area contributed by atoms with Crippen LogP contribution in [-0.4, -0.2) is 27.9 Å². The Labute approximate surface area is 178 Å². The number of furan rings is 1. The van der Waals surface area contributed by atoms with Gasteiger partial charge in [0, 0.05) is 17.6 Å². The summed E-state index contributed by atoms with van der Waals surface area (Å²) >= 11 is 0. The standard InChI is InChI=1S/C23H20N4O4/c1-14(2)31-21-10-9-15(13-24-21)22(28)26-27-23(29)17-12-19(20-8-5-11-30-20)25-18-7-4-3-6-16(17)18/h3-14H,1-2H3,(H,26,28)(H,27,29). The highest BCUT2D eigenvalue weighted by Crippen LogP contribution is 2.25. The van der Waals surface area contributed by atoms with Gasteiger partial charge in [-0.25, -0.2) is 9.97 Å². The first-order valence-corrected chi connectivity index (χ1v) is 9.68. The molecule has 0 atom stereocenters. The molecule has 0 aliphatic carbocycles. The number of para-hydroxylation sites is 1. The van der Waals surface area contributed by atoms with Crippen LogP contribution >= 0.6 is 0 Å². The van der Waals surface area contributed by atoms with Crippen LogP contribution in [-0.2, 0) is 0 Å². The highest BCUT2D eigenvalue weighted by Gasteiger charge is 2.16. The third-order valence-corrected chi connectivity index (χ3v) is 4.38. The highest BCUT2D eigenvalue weighted by molar-refractivity contribution is 6.08. The second-order valence-corrected chi connectivity index (χ2v) is 7.01. The van der Waals surface area contributed by atoms with Crippen molar-refractivity contribution < 1.29 is 18.7 Å². The summed E-state index contributed by atoms with van der Waals surface area (Å²) < 4.78 is 10.9. The molecule has 0 spiro atoms. The summed E-state index contributed by atoms with van der Waals surface area (Å²) in [5.41, 5.74) is 6.66. The lowest BCUT2D eigenvalue weighted by Gasteiger charge is -2.11. The Balaban J connectivity index is 1.52. The van der Waals surface area contributed by atoms with E-state index in [4.69, 9.17) is 9.15 Å². The average molecular weight is 416 g/mol. The van der Waals surface area contributed by atoms with Crippen LogP contribution in [0.3, 0.4) is 0 Å². The summed E-state index contributed by atoms with van der Waals surface area (Å²) in [6.07, 6.45) is 2.90. The third kappa shape index (κ3) is 4.53. The Hall–Kier alpha value is -4.20. The van der Waals surface area contributed by atoms with E-state index in [-0.39, 0.29) is 11.7 Å². The number of benzene rings is 1. The summed E-state index contributed by atoms with van der Waals surface area (Å²) in [6.45, 7) is 3.77. The zero-order valence-electron chi connectivity index (χ0n) is 17.0. The summed E-state index contributed by atoms with van der Waals surface area (Å²) in [5.74, 6) is -0.0167. The minimum atomic E-state index is -0.499. The minimum absolute atomic E-state index is 0.0206. The van der Waals surface area contributed by atoms with E-state index in [1.165, 1.54) is 12.5 Å². The van der Waals surface area contributed by atoms with Gasteiger partial charge in [-0.2, -0.15) is 0 Å². The van der Waals surface area contributed by atoms with Gasteiger partial charge in [-0.1, -0.05) is 18.2 Å². The molecule has 8 heteroatoms. The van der Waals surface area contributed by atoms with E-state index < -0.39 is 11.8 Å². The van der Waals surface area contributed by atoms with Gasteiger partial charge in [0.15, 0.2) is 5.76 Å². The van der Waals surface area contributed by atoms with Gasteiger partial charge >= 0.3 is 0 Å². The molecule has 31 heavy (non-hydrogen) atoms. The Morgan fingerprint density at radius 2 is 1.81 bits per heavy atom. The van der Waals surface area contributed by atoms with Gasteiger partial charge in [-0.05, 0) is 44.2 Å². The molecule has 0 unspecified atom stereocenters. The molecule has 0 bridgehead atoms. The summed E-state index contributed by atoms with van der Waals surface area (Å²) in [4.78, 5) is 33.9. The van der Waals surface area contributed by atoms with E-state index >= 15 is 0 Å². The zero-order chi connectivity index (χ0) is 21.8. The van der Waals surface area contributed by atoms with Gasteiger partial charge in [0.05, 0.1) is 29.0 Å². The second-order valence-electron chi connectivity index (χ2n) is 7.01. The monoisotopic (exact) mass is 416 g/mol. The molecular weight excluding hydrogens is 396 g/mol. The number of aromatic nitrogens is 2. The SMILES string of the molecule is CC(C)Oc1ccc(C(=O)NNC(=O)c2cc(-c3ccco3)nc3ccccc23)cn1. The normalized spacial score (nSPS) is 10.8. The van der Waals surface area contributed by atoms with Crippen molar-refractivity contribution in [3.8, 4) is 17.3 Å². The number of carbonyl (C=O) groups excluding carboxylic acids is 2. The van der Waals surface area contributed by atoms with Gasteiger partial charge in [0.2, 0.25) is 5.88 Å². The van der Waals surface area contributed by atoms with Crippen LogP contribution < -0.4 is 15.6 Å². The lowest BCUT2D eigenvalue weighted by molar-refractivity contribution is 0.0847. The van der Waals surface area contributed by atoms with Crippen LogP contribution in [0, 0.1) is 0 Å². The lowest BCUT2D eigenvalue weighted by atomic mass is 10.1. The predicted molar refractivity (Wildman–Crippen MR) is 114 cm³/mol. The van der Waals surface area contributed by atoms with Crippen molar-refractivity contribution in [3.05, 3.63) is 78.2 Å². The summed E-state index contributed by atoms with van der Waals surface area (Å²) in [5, 5.41) is 0.654. The van der Waals surface area contributed by atoms with Crippen molar-refractivity contribution in [2.45, 2.75) is 20.0 Å². The van der Waals surface area contributed by atoms with Crippen LogP contribution in [0.1, 0.15) is 34.6 Å². The zero-order valence-corrected chi connectivity index (χ0v) is 17.0. The first-order valence-electron chi connectivity index (χ1n) is 9.68. The predicted octanol–water partition coefficient (Wildman–Crippen LogP) is 3.75. The molecule has 8 nitrogen and oxygen atoms in total. The van der Waals surface area contributed by atoms with E-state index in [0.29, 0.717) is 33.8 Å². The van der Waals surface area contributed by atoms with Crippen molar-refractivity contribution >= 4 is 22.7 Å². The highest BCUT2D eigenvalue weighted by atomic mass is 16.5. The number of carbonyl (C=O) groups is 2. The van der Waals surface area contributed by atoms with Crippen molar-refractivity contribution in [3.63, 3.8) is 0 Å². The fourth-order valence-corrected chi connectivity index (χ4v) is 2.99. The number of nitrogens with one attached hydrogen (secondary N) is 2. The van der Waals surface area contributed by atoms with Crippen LogP contribution in [0.2, 0.25) is 0 Å². The topological polar surface area (TPSA) is 106 Å². The molecule has 4 rings (SSSR count). The Bertz CT molecular complexity index is 1220. The molecule has 3 heterocycles. The maximum absolute atomic E-state index is 12.9. The fraction of sp³-hybridized carbons (Fsp3) is 0.130. The number of nitrogens with zero attached hydrogens (tertiary/aromatic N) is 2. The number of hydrogen-bond acceptors (Lipinski definition) is 6. The van der Waals surface area contributed by atoms with Crippen molar-refractivity contribution in [1.29, 1.82) is 0 Å². The quantitative estimate of drug-likeness (QED) is 0.480. The molecule has 0 aliphatic heterocycles. The number of hydrazine groups is 1. The molecule has 4 aromatic rings. The smallest absolute Gasteiger partial charge is 0.271 e. The van der Waals surface area contributed by atoms with Crippen molar-refractivity contribution in [2.24, 2.45) is 0 Å². The Kier molecular flexibility index (Phi) is 5.61. The molecule has 1 aromatic carbocycles. The second kappa shape index (κ2) is 8.66. The molecule has 2 N–H and O–H groups in total. The van der Waals surface area contributed by atoms with Crippen molar-refractivity contribution in [2.75, 3.05) is 0 Å². The fourth-order valence-electron chi connectivity index (χ4n) is 2.99. The van der Waals surface area contributed by atoms with Crippen LogP contribution in [0.25, 0.3) is 22.4 Å². The number of rotatable bonds is 5. The minimum Gasteiger partial charge on any atom is -0.475 e. The molecule has 156 valence electrons. The molecule has 2 amide bonds. The maximum atomic E-state index is 12.9. The Morgan fingerprint density at radius 3 is 2.52 bits per heavy atom. The number of amides is 2. The maximum Gasteiger partial charge on any atom is 0.271 e. The molecule has 0 saturated heterocycles. The Morgan fingerprint density at radius 1 is 1.00 bits per heavy atom. The average Bonchev–Trinajstić information content (AvgIpc) is 3.31. The number of fused-ring (bicyclic) bond motifs is 1. The number of pyridine rings is 2. The number of ether oxygens (including phenoxy) is 1. The number of hydrogen-bond donors (Lipinski definition) is 2. The van der Waals surface area contributed by atoms with Gasteiger partial charge in [-0.15, -0.1) is 0 Å². The van der Waals surface area contributed by atoms with E-state index in [0.717, 1.165) is 0 Å². The van der Waals surface area contributed by atoms with Gasteiger partial charge in [0.25, 0.3) is 11.8 Å². The molecule has 0 aliphatic rings. The van der Waals surface area contributed by atoms with Gasteiger partial charge < -0.3 is 9.15 Å².